The lowest BCUT2D eigenvalue weighted by Gasteiger charge is -2.08. The minimum atomic E-state index is 0.690. The van der Waals surface area contributed by atoms with Crippen LogP contribution >= 0.6 is 0 Å². The second-order valence-corrected chi connectivity index (χ2v) is 4.88. The van der Waals surface area contributed by atoms with Gasteiger partial charge in [-0.25, -0.2) is 0 Å². The molecule has 0 aliphatic heterocycles. The largest absolute Gasteiger partial charge is 0.385 e. The van der Waals surface area contributed by atoms with Gasteiger partial charge in [-0.15, -0.1) is 0 Å². The Bertz CT molecular complexity index is 154. The third-order valence-electron chi connectivity index (χ3n) is 2.45. The highest BCUT2D eigenvalue weighted by atomic mass is 16.5. The van der Waals surface area contributed by atoms with E-state index in [0.717, 1.165) is 51.7 Å². The van der Waals surface area contributed by atoms with E-state index in [1.807, 2.05) is 0 Å². The Balaban J connectivity index is 2.90. The van der Waals surface area contributed by atoms with Crippen molar-refractivity contribution < 1.29 is 14.2 Å². The molecule has 0 aromatic rings. The van der Waals surface area contributed by atoms with Gasteiger partial charge in [0.1, 0.15) is 0 Å². The molecule has 4 heteroatoms. The highest BCUT2D eigenvalue weighted by molar-refractivity contribution is 4.51. The first kappa shape index (κ1) is 17.8. The number of hydrogen-bond donors (Lipinski definition) is 1. The minimum absolute atomic E-state index is 0.690. The molecule has 0 aromatic carbocycles. The van der Waals surface area contributed by atoms with Gasteiger partial charge < -0.3 is 19.5 Å². The second-order valence-electron chi connectivity index (χ2n) is 4.88. The molecule has 110 valence electrons. The van der Waals surface area contributed by atoms with Crippen molar-refractivity contribution in [1.82, 2.24) is 5.32 Å². The minimum Gasteiger partial charge on any atom is -0.385 e. The molecule has 0 aliphatic carbocycles. The zero-order chi connectivity index (χ0) is 13.5. The van der Waals surface area contributed by atoms with Gasteiger partial charge in [-0.3, -0.25) is 0 Å². The van der Waals surface area contributed by atoms with E-state index < -0.39 is 0 Å². The van der Waals surface area contributed by atoms with E-state index in [2.05, 4.69) is 19.2 Å². The van der Waals surface area contributed by atoms with Crippen molar-refractivity contribution >= 4 is 0 Å². The summed E-state index contributed by atoms with van der Waals surface area (Å²) in [6.45, 7) is 10.4. The summed E-state index contributed by atoms with van der Waals surface area (Å²) in [4.78, 5) is 0. The Morgan fingerprint density at radius 2 is 1.50 bits per heavy atom. The van der Waals surface area contributed by atoms with E-state index >= 15 is 0 Å². The van der Waals surface area contributed by atoms with Crippen LogP contribution in [0.2, 0.25) is 0 Å². The summed E-state index contributed by atoms with van der Waals surface area (Å²) < 4.78 is 15.8. The fourth-order valence-electron chi connectivity index (χ4n) is 1.47. The summed E-state index contributed by atoms with van der Waals surface area (Å²) in [6, 6.07) is 0. The molecule has 0 aliphatic rings. The molecule has 0 unspecified atom stereocenters. The standard InChI is InChI=1S/C14H31NO3/c1-14(2)13-15-7-4-5-9-17-11-12-18-10-6-8-16-3/h14-15H,4-13H2,1-3H3. The molecule has 0 amide bonds. The normalized spacial score (nSPS) is 11.3. The predicted molar refractivity (Wildman–Crippen MR) is 75.1 cm³/mol. The zero-order valence-electron chi connectivity index (χ0n) is 12.4. The van der Waals surface area contributed by atoms with Gasteiger partial charge in [-0.2, -0.15) is 0 Å². The number of methoxy groups -OCH3 is 1. The molecule has 1 N–H and O–H groups in total. The van der Waals surface area contributed by atoms with Gasteiger partial charge in [0.15, 0.2) is 0 Å². The predicted octanol–water partition coefficient (Wildman–Crippen LogP) is 2.08. The topological polar surface area (TPSA) is 39.7 Å². The average molecular weight is 261 g/mol. The first-order valence-corrected chi connectivity index (χ1v) is 7.12. The van der Waals surface area contributed by atoms with E-state index in [1.54, 1.807) is 7.11 Å². The number of hydrogen-bond acceptors (Lipinski definition) is 4. The van der Waals surface area contributed by atoms with Gasteiger partial charge in [-0.1, -0.05) is 13.8 Å². The lowest BCUT2D eigenvalue weighted by Crippen LogP contribution is -2.21. The molecular weight excluding hydrogens is 230 g/mol. The van der Waals surface area contributed by atoms with E-state index in [1.165, 1.54) is 6.42 Å². The van der Waals surface area contributed by atoms with Gasteiger partial charge in [-0.05, 0) is 38.3 Å². The van der Waals surface area contributed by atoms with Gasteiger partial charge >= 0.3 is 0 Å². The molecule has 0 radical (unpaired) electrons. The van der Waals surface area contributed by atoms with Crippen LogP contribution in [0.5, 0.6) is 0 Å². The molecule has 0 rings (SSSR count). The lowest BCUT2D eigenvalue weighted by molar-refractivity contribution is 0.0388. The van der Waals surface area contributed by atoms with Crippen molar-refractivity contribution in [3.63, 3.8) is 0 Å². The second kappa shape index (κ2) is 14.9. The van der Waals surface area contributed by atoms with Crippen molar-refractivity contribution in [1.29, 1.82) is 0 Å². The quantitative estimate of drug-likeness (QED) is 0.486. The third kappa shape index (κ3) is 15.8. The summed E-state index contributed by atoms with van der Waals surface area (Å²) in [5.74, 6) is 0.733. The van der Waals surface area contributed by atoms with E-state index in [9.17, 15) is 0 Å². The van der Waals surface area contributed by atoms with Crippen LogP contribution in [-0.2, 0) is 14.2 Å². The van der Waals surface area contributed by atoms with Gasteiger partial charge in [0.2, 0.25) is 0 Å². The zero-order valence-corrected chi connectivity index (χ0v) is 12.4. The Morgan fingerprint density at radius 3 is 2.11 bits per heavy atom. The summed E-state index contributed by atoms with van der Waals surface area (Å²) in [5.41, 5.74) is 0. The van der Waals surface area contributed by atoms with E-state index in [4.69, 9.17) is 14.2 Å². The number of nitrogens with one attached hydrogen (secondary N) is 1. The summed E-state index contributed by atoms with van der Waals surface area (Å²) in [5, 5.41) is 3.42. The Kier molecular flexibility index (Phi) is 14.8. The summed E-state index contributed by atoms with van der Waals surface area (Å²) in [7, 11) is 1.71. The van der Waals surface area contributed by atoms with Crippen LogP contribution in [0, 0.1) is 5.92 Å². The van der Waals surface area contributed by atoms with Crippen LogP contribution in [0.1, 0.15) is 33.1 Å². The van der Waals surface area contributed by atoms with E-state index in [0.29, 0.717) is 13.2 Å². The van der Waals surface area contributed by atoms with Crippen LogP contribution in [-0.4, -0.2) is 53.2 Å². The summed E-state index contributed by atoms with van der Waals surface area (Å²) >= 11 is 0. The van der Waals surface area contributed by atoms with Crippen LogP contribution in [0.15, 0.2) is 0 Å². The maximum absolute atomic E-state index is 5.48. The molecule has 18 heavy (non-hydrogen) atoms. The number of ether oxygens (including phenoxy) is 3. The molecule has 0 aromatic heterocycles. The van der Waals surface area contributed by atoms with Crippen molar-refractivity contribution in [3.05, 3.63) is 0 Å². The molecule has 0 bridgehead atoms. The molecule has 0 saturated heterocycles. The Labute approximate surface area is 112 Å². The fraction of sp³-hybridized carbons (Fsp3) is 1.00. The van der Waals surface area contributed by atoms with Crippen molar-refractivity contribution in [2.45, 2.75) is 33.1 Å². The van der Waals surface area contributed by atoms with Crippen LogP contribution in [0.4, 0.5) is 0 Å². The summed E-state index contributed by atoms with van der Waals surface area (Å²) in [6.07, 6.45) is 3.26. The molecule has 0 saturated carbocycles. The highest BCUT2D eigenvalue weighted by Gasteiger charge is 1.94. The molecule has 0 fully saturated rings. The highest BCUT2D eigenvalue weighted by Crippen LogP contribution is 1.91. The average Bonchev–Trinajstić information content (AvgIpc) is 2.34. The lowest BCUT2D eigenvalue weighted by atomic mass is 10.2. The van der Waals surface area contributed by atoms with Gasteiger partial charge in [0, 0.05) is 26.9 Å². The maximum Gasteiger partial charge on any atom is 0.0700 e. The fourth-order valence-corrected chi connectivity index (χ4v) is 1.47. The smallest absolute Gasteiger partial charge is 0.0700 e. The van der Waals surface area contributed by atoms with Gasteiger partial charge in [0.05, 0.1) is 13.2 Å². The van der Waals surface area contributed by atoms with Crippen LogP contribution in [0.3, 0.4) is 0 Å². The third-order valence-corrected chi connectivity index (χ3v) is 2.45. The monoisotopic (exact) mass is 261 g/mol. The van der Waals surface area contributed by atoms with Gasteiger partial charge in [0.25, 0.3) is 0 Å². The number of unbranched alkanes of at least 4 members (excludes halogenated alkanes) is 1. The number of rotatable bonds is 14. The molecular formula is C14H31NO3. The molecule has 0 heterocycles. The molecule has 4 nitrogen and oxygen atoms in total. The SMILES string of the molecule is COCCCOCCOCCCCNCC(C)C. The van der Waals surface area contributed by atoms with Crippen LogP contribution in [0.25, 0.3) is 0 Å². The van der Waals surface area contributed by atoms with Crippen molar-refractivity contribution in [2.75, 3.05) is 53.2 Å². The first-order valence-electron chi connectivity index (χ1n) is 7.12. The maximum atomic E-state index is 5.48. The molecule has 0 atom stereocenters. The Morgan fingerprint density at radius 1 is 0.833 bits per heavy atom. The Hall–Kier alpha value is -0.160. The van der Waals surface area contributed by atoms with Crippen molar-refractivity contribution in [2.24, 2.45) is 5.92 Å². The van der Waals surface area contributed by atoms with E-state index in [-0.39, 0.29) is 0 Å². The molecule has 0 spiro atoms. The van der Waals surface area contributed by atoms with Crippen molar-refractivity contribution in [3.8, 4) is 0 Å². The first-order chi connectivity index (χ1) is 8.77. The van der Waals surface area contributed by atoms with Crippen LogP contribution < -0.4 is 5.32 Å².